The van der Waals surface area contributed by atoms with Crippen LogP contribution in [0.25, 0.3) is 10.2 Å². The zero-order valence-electron chi connectivity index (χ0n) is 21.5. The van der Waals surface area contributed by atoms with Crippen molar-refractivity contribution in [3.8, 4) is 0 Å². The van der Waals surface area contributed by atoms with E-state index in [4.69, 9.17) is 11.6 Å². The predicted molar refractivity (Wildman–Crippen MR) is 163 cm³/mol. The average Bonchev–Trinajstić information content (AvgIpc) is 3.37. The molecule has 0 spiro atoms. The highest BCUT2D eigenvalue weighted by Gasteiger charge is 2.21. The lowest BCUT2D eigenvalue weighted by molar-refractivity contribution is -0.384. The van der Waals surface area contributed by atoms with Gasteiger partial charge in [0.05, 0.1) is 20.0 Å². The lowest BCUT2D eigenvalue weighted by atomic mass is 10.2. The van der Waals surface area contributed by atoms with E-state index in [0.29, 0.717) is 29.4 Å². The molecule has 0 bridgehead atoms. The quantitative estimate of drug-likeness (QED) is 0.200. The zero-order valence-corrected chi connectivity index (χ0v) is 24.7. The summed E-state index contributed by atoms with van der Waals surface area (Å²) in [6.07, 6.45) is 0. The van der Waals surface area contributed by atoms with Crippen molar-refractivity contribution in [2.45, 2.75) is 4.90 Å². The molecule has 2 N–H and O–H groups in total. The lowest BCUT2D eigenvalue weighted by Gasteiger charge is -2.34. The van der Waals surface area contributed by atoms with Gasteiger partial charge in [-0.25, -0.2) is 13.4 Å². The molecule has 15 heteroatoms. The van der Waals surface area contributed by atoms with E-state index < -0.39 is 14.9 Å². The van der Waals surface area contributed by atoms with E-state index in [9.17, 15) is 23.3 Å². The number of carbonyl (C=O) groups excluding carboxylic acids is 1. The third-order valence-corrected chi connectivity index (χ3v) is 9.18. The van der Waals surface area contributed by atoms with Crippen molar-refractivity contribution < 1.29 is 18.1 Å². The maximum atomic E-state index is 12.6. The number of rotatable bonds is 9. The number of fused-ring (bicyclic) bond motifs is 1. The highest BCUT2D eigenvalue weighted by Crippen LogP contribution is 2.31. The van der Waals surface area contributed by atoms with Gasteiger partial charge in [-0.2, -0.15) is 0 Å². The fourth-order valence-electron chi connectivity index (χ4n) is 4.26. The van der Waals surface area contributed by atoms with Gasteiger partial charge < -0.3 is 10.2 Å². The molecule has 0 saturated carbocycles. The smallest absolute Gasteiger partial charge is 0.270 e. The largest absolute Gasteiger partial charge is 0.351 e. The summed E-state index contributed by atoms with van der Waals surface area (Å²) >= 11 is 7.28. The van der Waals surface area contributed by atoms with E-state index in [1.165, 1.54) is 41.7 Å². The van der Waals surface area contributed by atoms with Crippen LogP contribution >= 0.6 is 35.3 Å². The summed E-state index contributed by atoms with van der Waals surface area (Å²) < 4.78 is 28.4. The molecule has 3 aromatic carbocycles. The van der Waals surface area contributed by atoms with Crippen molar-refractivity contribution >= 4 is 78.0 Å². The molecule has 5 rings (SSSR count). The van der Waals surface area contributed by atoms with E-state index in [1.54, 1.807) is 36.4 Å². The van der Waals surface area contributed by atoms with Gasteiger partial charge in [-0.3, -0.25) is 24.5 Å². The molecule has 1 aliphatic rings. The summed E-state index contributed by atoms with van der Waals surface area (Å²) in [5.74, 6) is -0.241. The number of nitro benzene ring substituents is 1. The third kappa shape index (κ3) is 7.43. The fraction of sp³-hybridized carbons (Fsp3) is 0.231. The summed E-state index contributed by atoms with van der Waals surface area (Å²) in [6, 6.07) is 16.8. The number of thiazole rings is 1. The first-order valence-electron chi connectivity index (χ1n) is 12.4. The second-order valence-electron chi connectivity index (χ2n) is 9.13. The first-order chi connectivity index (χ1) is 19.2. The Morgan fingerprint density at radius 2 is 1.71 bits per heavy atom. The SMILES string of the molecule is Cl.O=C(NCCN1CCN(c2nc3ccc([N+](=O)[O-])cc3s2)CC1)c1ccc(NS(=O)(=O)c2ccc(Cl)cc2)cc1. The topological polar surface area (TPSA) is 138 Å². The number of hydrogen-bond acceptors (Lipinski definition) is 9. The standard InChI is InChI=1S/C26H25ClN6O5S2.ClH/c27-19-3-8-22(9-4-19)40(37,38)30-20-5-1-18(2-6-20)25(34)28-11-12-31-13-15-32(16-14-31)26-29-23-10-7-21(33(35)36)17-24(23)39-26;/h1-10,17,30H,11-16H2,(H,28,34);1H. The Kier molecular flexibility index (Phi) is 9.66. The number of nitrogens with zero attached hydrogens (tertiary/aromatic N) is 4. The van der Waals surface area contributed by atoms with Crippen LogP contribution in [0.15, 0.2) is 71.6 Å². The summed E-state index contributed by atoms with van der Waals surface area (Å²) in [6.45, 7) is 4.29. The maximum absolute atomic E-state index is 12.6. The van der Waals surface area contributed by atoms with E-state index >= 15 is 0 Å². The van der Waals surface area contributed by atoms with Crippen molar-refractivity contribution in [2.24, 2.45) is 0 Å². The number of piperazine rings is 1. The Morgan fingerprint density at radius 1 is 1.02 bits per heavy atom. The van der Waals surface area contributed by atoms with Crippen molar-refractivity contribution in [3.05, 3.63) is 87.4 Å². The first-order valence-corrected chi connectivity index (χ1v) is 15.0. The first kappa shape index (κ1) is 30.5. The van der Waals surface area contributed by atoms with Crippen LogP contribution in [0.2, 0.25) is 5.02 Å². The summed E-state index contributed by atoms with van der Waals surface area (Å²) in [5.41, 5.74) is 1.58. The van der Waals surface area contributed by atoms with Crippen molar-refractivity contribution in [3.63, 3.8) is 0 Å². The Balaban J connectivity index is 0.00000387. The molecule has 1 saturated heterocycles. The Morgan fingerprint density at radius 3 is 2.37 bits per heavy atom. The number of nitro groups is 1. The summed E-state index contributed by atoms with van der Waals surface area (Å²) in [5, 5.41) is 15.2. The zero-order chi connectivity index (χ0) is 28.3. The molecule has 4 aromatic rings. The van der Waals surface area contributed by atoms with E-state index in [-0.39, 0.29) is 28.9 Å². The molecule has 0 radical (unpaired) electrons. The number of non-ortho nitro benzene ring substituents is 1. The minimum absolute atomic E-state index is 0. The molecular weight excluding hydrogens is 611 g/mol. The van der Waals surface area contributed by atoms with Gasteiger partial charge in [0.2, 0.25) is 0 Å². The minimum Gasteiger partial charge on any atom is -0.351 e. The third-order valence-electron chi connectivity index (χ3n) is 6.45. The van der Waals surface area contributed by atoms with Crippen LogP contribution in [-0.4, -0.2) is 68.4 Å². The van der Waals surface area contributed by atoms with Gasteiger partial charge in [-0.05, 0) is 54.6 Å². The Labute approximate surface area is 251 Å². The molecule has 11 nitrogen and oxygen atoms in total. The van der Waals surface area contributed by atoms with Crippen LogP contribution < -0.4 is 14.9 Å². The van der Waals surface area contributed by atoms with E-state index in [0.717, 1.165) is 41.5 Å². The van der Waals surface area contributed by atoms with Gasteiger partial charge in [0.25, 0.3) is 21.6 Å². The van der Waals surface area contributed by atoms with Gasteiger partial charge in [-0.15, -0.1) is 12.4 Å². The lowest BCUT2D eigenvalue weighted by Crippen LogP contribution is -2.48. The summed E-state index contributed by atoms with van der Waals surface area (Å²) in [4.78, 5) is 32.4. The number of benzene rings is 3. The molecule has 1 aromatic heterocycles. The predicted octanol–water partition coefficient (Wildman–Crippen LogP) is 4.63. The van der Waals surface area contributed by atoms with Gasteiger partial charge in [-0.1, -0.05) is 22.9 Å². The second-order valence-corrected chi connectivity index (χ2v) is 12.3. The number of halogens is 2. The Bertz CT molecular complexity index is 1640. The number of anilines is 2. The van der Waals surface area contributed by atoms with Crippen LogP contribution in [0.1, 0.15) is 10.4 Å². The highest BCUT2D eigenvalue weighted by molar-refractivity contribution is 7.92. The van der Waals surface area contributed by atoms with Crippen LogP contribution in [0.3, 0.4) is 0 Å². The number of nitrogens with one attached hydrogen (secondary N) is 2. The molecule has 0 aliphatic carbocycles. The number of amides is 1. The highest BCUT2D eigenvalue weighted by atomic mass is 35.5. The van der Waals surface area contributed by atoms with Crippen molar-refractivity contribution in [2.75, 3.05) is 48.9 Å². The normalized spacial score (nSPS) is 13.9. The molecule has 1 fully saturated rings. The maximum Gasteiger partial charge on any atom is 0.270 e. The molecular formula is C26H26Cl2N6O5S2. The van der Waals surface area contributed by atoms with Crippen molar-refractivity contribution in [1.29, 1.82) is 0 Å². The van der Waals surface area contributed by atoms with Crippen LogP contribution in [0, 0.1) is 10.1 Å². The number of carbonyl (C=O) groups is 1. The summed E-state index contributed by atoms with van der Waals surface area (Å²) in [7, 11) is -3.77. The van der Waals surface area contributed by atoms with Gasteiger partial charge in [0.1, 0.15) is 0 Å². The van der Waals surface area contributed by atoms with Crippen LogP contribution in [-0.2, 0) is 10.0 Å². The second kappa shape index (κ2) is 13.0. The monoisotopic (exact) mass is 636 g/mol. The molecule has 0 atom stereocenters. The van der Waals surface area contributed by atoms with Crippen LogP contribution in [0.4, 0.5) is 16.5 Å². The number of aromatic nitrogens is 1. The van der Waals surface area contributed by atoms with Crippen LogP contribution in [0.5, 0.6) is 0 Å². The van der Waals surface area contributed by atoms with Gasteiger partial charge in [0, 0.05) is 67.7 Å². The van der Waals surface area contributed by atoms with Gasteiger partial charge in [0.15, 0.2) is 5.13 Å². The molecule has 216 valence electrons. The van der Waals surface area contributed by atoms with Gasteiger partial charge >= 0.3 is 0 Å². The average molecular weight is 638 g/mol. The molecule has 2 heterocycles. The molecule has 0 unspecified atom stereocenters. The molecule has 1 aliphatic heterocycles. The number of hydrogen-bond donors (Lipinski definition) is 2. The molecule has 41 heavy (non-hydrogen) atoms. The molecule has 1 amide bonds. The fourth-order valence-corrected chi connectivity index (χ4v) is 6.49. The number of sulfonamides is 1. The Hall–Kier alpha value is -3.49. The van der Waals surface area contributed by atoms with Crippen molar-refractivity contribution in [1.82, 2.24) is 15.2 Å². The van der Waals surface area contributed by atoms with E-state index in [1.807, 2.05) is 0 Å². The van der Waals surface area contributed by atoms with E-state index in [2.05, 4.69) is 24.8 Å². The minimum atomic E-state index is -3.77.